The van der Waals surface area contributed by atoms with Gasteiger partial charge in [0.25, 0.3) is 5.91 Å². The van der Waals surface area contributed by atoms with Crippen LogP contribution in [0.3, 0.4) is 0 Å². The highest BCUT2D eigenvalue weighted by Crippen LogP contribution is 2.39. The summed E-state index contributed by atoms with van der Waals surface area (Å²) in [7, 11) is 0. The SMILES string of the molecule is Cc1cscc1C(=O)NC1C2CCCC1CC(N)C2.Cl. The monoisotopic (exact) mass is 314 g/mol. The van der Waals surface area contributed by atoms with Gasteiger partial charge in [0.2, 0.25) is 0 Å². The molecule has 3 N–H and O–H groups in total. The first-order valence-corrected chi connectivity index (χ1v) is 8.18. The van der Waals surface area contributed by atoms with Gasteiger partial charge in [0.1, 0.15) is 0 Å². The number of rotatable bonds is 2. The van der Waals surface area contributed by atoms with Crippen LogP contribution in [0.5, 0.6) is 0 Å². The maximum atomic E-state index is 12.4. The van der Waals surface area contributed by atoms with E-state index >= 15 is 0 Å². The Balaban J connectivity index is 0.00000147. The van der Waals surface area contributed by atoms with Crippen molar-refractivity contribution in [1.29, 1.82) is 0 Å². The number of nitrogens with two attached hydrogens (primary N) is 1. The van der Waals surface area contributed by atoms with Crippen molar-refractivity contribution in [3.8, 4) is 0 Å². The lowest BCUT2D eigenvalue weighted by atomic mass is 9.67. The molecule has 1 aromatic heterocycles. The summed E-state index contributed by atoms with van der Waals surface area (Å²) in [6, 6.07) is 0.687. The molecule has 0 aliphatic heterocycles. The van der Waals surface area contributed by atoms with Crippen LogP contribution in [0, 0.1) is 18.8 Å². The van der Waals surface area contributed by atoms with Crippen LogP contribution in [0.1, 0.15) is 48.0 Å². The van der Waals surface area contributed by atoms with E-state index in [0.717, 1.165) is 24.0 Å². The van der Waals surface area contributed by atoms with Gasteiger partial charge in [-0.25, -0.2) is 0 Å². The Morgan fingerprint density at radius 1 is 1.30 bits per heavy atom. The predicted molar refractivity (Wildman–Crippen MR) is 85.6 cm³/mol. The molecule has 3 nitrogen and oxygen atoms in total. The summed E-state index contributed by atoms with van der Waals surface area (Å²) in [4.78, 5) is 12.4. The molecule has 2 bridgehead atoms. The average Bonchev–Trinajstić information content (AvgIpc) is 2.76. The average molecular weight is 315 g/mol. The lowest BCUT2D eigenvalue weighted by molar-refractivity contribution is 0.0756. The molecule has 2 aliphatic rings. The van der Waals surface area contributed by atoms with Crippen molar-refractivity contribution >= 4 is 29.7 Å². The highest BCUT2D eigenvalue weighted by atomic mass is 35.5. The number of carbonyl (C=O) groups is 1. The fraction of sp³-hybridized carbons (Fsp3) is 0.667. The third-order valence-corrected chi connectivity index (χ3v) is 5.64. The second-order valence-corrected chi connectivity index (χ2v) is 6.89. The Morgan fingerprint density at radius 2 is 1.95 bits per heavy atom. The summed E-state index contributed by atoms with van der Waals surface area (Å²) >= 11 is 1.60. The van der Waals surface area contributed by atoms with E-state index in [1.807, 2.05) is 17.7 Å². The highest BCUT2D eigenvalue weighted by Gasteiger charge is 2.40. The number of aryl methyl sites for hydroxylation is 1. The number of hydrogen-bond acceptors (Lipinski definition) is 3. The Morgan fingerprint density at radius 3 is 2.50 bits per heavy atom. The van der Waals surface area contributed by atoms with Crippen LogP contribution < -0.4 is 11.1 Å². The van der Waals surface area contributed by atoms with Gasteiger partial charge < -0.3 is 11.1 Å². The first-order chi connectivity index (χ1) is 9.15. The van der Waals surface area contributed by atoms with Crippen LogP contribution in [0.25, 0.3) is 0 Å². The zero-order valence-electron chi connectivity index (χ0n) is 11.8. The van der Waals surface area contributed by atoms with Gasteiger partial charge >= 0.3 is 0 Å². The third kappa shape index (κ3) is 3.02. The van der Waals surface area contributed by atoms with Gasteiger partial charge in [-0.05, 0) is 55.4 Å². The first-order valence-electron chi connectivity index (χ1n) is 7.24. The molecule has 1 heterocycles. The van der Waals surface area contributed by atoms with E-state index in [1.54, 1.807) is 11.3 Å². The summed E-state index contributed by atoms with van der Waals surface area (Å²) in [5.74, 6) is 1.28. The molecule has 0 spiro atoms. The first kappa shape index (κ1) is 15.8. The quantitative estimate of drug-likeness (QED) is 0.881. The van der Waals surface area contributed by atoms with Crippen LogP contribution in [-0.2, 0) is 0 Å². The fourth-order valence-corrected chi connectivity index (χ4v) is 4.68. The number of nitrogens with one attached hydrogen (secondary N) is 1. The zero-order valence-corrected chi connectivity index (χ0v) is 13.4. The van der Waals surface area contributed by atoms with Crippen molar-refractivity contribution in [2.75, 3.05) is 0 Å². The van der Waals surface area contributed by atoms with E-state index in [2.05, 4.69) is 5.32 Å². The minimum Gasteiger partial charge on any atom is -0.349 e. The summed E-state index contributed by atoms with van der Waals surface area (Å²) in [6.07, 6.45) is 5.88. The number of hydrogen-bond donors (Lipinski definition) is 2. The van der Waals surface area contributed by atoms with E-state index < -0.39 is 0 Å². The molecule has 112 valence electrons. The molecule has 2 atom stereocenters. The molecule has 1 amide bonds. The Bertz CT molecular complexity index is 462. The van der Waals surface area contributed by atoms with Gasteiger partial charge in [-0.3, -0.25) is 4.79 Å². The normalized spacial score (nSPS) is 32.3. The van der Waals surface area contributed by atoms with Crippen molar-refractivity contribution in [1.82, 2.24) is 5.32 Å². The zero-order chi connectivity index (χ0) is 13.4. The molecule has 3 rings (SSSR count). The Kier molecular flexibility index (Phi) is 5.10. The number of thiophene rings is 1. The van der Waals surface area contributed by atoms with Crippen LogP contribution >= 0.6 is 23.7 Å². The molecule has 0 aromatic carbocycles. The molecule has 0 radical (unpaired) electrons. The molecule has 20 heavy (non-hydrogen) atoms. The van der Waals surface area contributed by atoms with E-state index in [1.165, 1.54) is 19.3 Å². The highest BCUT2D eigenvalue weighted by molar-refractivity contribution is 7.08. The van der Waals surface area contributed by atoms with Gasteiger partial charge in [0.05, 0.1) is 5.56 Å². The van der Waals surface area contributed by atoms with Crippen LogP contribution in [0.15, 0.2) is 10.8 Å². The van der Waals surface area contributed by atoms with E-state index in [-0.39, 0.29) is 18.3 Å². The minimum atomic E-state index is 0. The van der Waals surface area contributed by atoms with Crippen LogP contribution in [-0.4, -0.2) is 18.0 Å². The van der Waals surface area contributed by atoms with Gasteiger partial charge in [0, 0.05) is 17.5 Å². The third-order valence-electron chi connectivity index (χ3n) is 4.77. The topological polar surface area (TPSA) is 55.1 Å². The maximum absolute atomic E-state index is 12.4. The number of halogens is 1. The number of carbonyl (C=O) groups excluding carboxylic acids is 1. The van der Waals surface area contributed by atoms with Crippen LogP contribution in [0.2, 0.25) is 0 Å². The van der Waals surface area contributed by atoms with Crippen LogP contribution in [0.4, 0.5) is 0 Å². The molecule has 0 saturated heterocycles. The Labute approximate surface area is 130 Å². The molecule has 1 aromatic rings. The fourth-order valence-electron chi connectivity index (χ4n) is 3.85. The van der Waals surface area contributed by atoms with Crippen molar-refractivity contribution in [3.05, 3.63) is 21.9 Å². The van der Waals surface area contributed by atoms with Crippen molar-refractivity contribution in [3.63, 3.8) is 0 Å². The van der Waals surface area contributed by atoms with E-state index in [9.17, 15) is 4.79 Å². The standard InChI is InChI=1S/C15H22N2OS.ClH/c1-9-7-19-8-13(9)15(18)17-14-10-3-2-4-11(14)6-12(16)5-10;/h7-8,10-12,14H,2-6,16H2,1H3,(H,17,18);1H. The van der Waals surface area contributed by atoms with Crippen molar-refractivity contribution < 1.29 is 4.79 Å². The smallest absolute Gasteiger partial charge is 0.252 e. The van der Waals surface area contributed by atoms with Crippen molar-refractivity contribution in [2.45, 2.75) is 51.1 Å². The molecule has 2 aliphatic carbocycles. The lowest BCUT2D eigenvalue weighted by Crippen LogP contribution is -2.53. The second-order valence-electron chi connectivity index (χ2n) is 6.15. The van der Waals surface area contributed by atoms with Crippen molar-refractivity contribution in [2.24, 2.45) is 17.6 Å². The predicted octanol–water partition coefficient (Wildman–Crippen LogP) is 3.11. The summed E-state index contributed by atoms with van der Waals surface area (Å²) in [5.41, 5.74) is 8.05. The lowest BCUT2D eigenvalue weighted by Gasteiger charge is -2.45. The van der Waals surface area contributed by atoms with E-state index in [0.29, 0.717) is 23.9 Å². The maximum Gasteiger partial charge on any atom is 0.252 e. The van der Waals surface area contributed by atoms with E-state index in [4.69, 9.17) is 5.73 Å². The second kappa shape index (κ2) is 6.46. The summed E-state index contributed by atoms with van der Waals surface area (Å²) in [6.45, 7) is 2.00. The molecule has 2 fully saturated rings. The molecule has 2 saturated carbocycles. The number of fused-ring (bicyclic) bond motifs is 2. The molecule has 2 unspecified atom stereocenters. The molecular formula is C15H23ClN2OS. The van der Waals surface area contributed by atoms with Gasteiger partial charge in [-0.2, -0.15) is 11.3 Å². The summed E-state index contributed by atoms with van der Waals surface area (Å²) in [5, 5.41) is 7.28. The minimum absolute atomic E-state index is 0. The van der Waals surface area contributed by atoms with Gasteiger partial charge in [0.15, 0.2) is 0 Å². The summed E-state index contributed by atoms with van der Waals surface area (Å²) < 4.78 is 0. The Hall–Kier alpha value is -0.580. The molecular weight excluding hydrogens is 292 g/mol. The van der Waals surface area contributed by atoms with Gasteiger partial charge in [-0.1, -0.05) is 6.42 Å². The molecule has 5 heteroatoms. The number of amides is 1. The largest absolute Gasteiger partial charge is 0.349 e. The van der Waals surface area contributed by atoms with Gasteiger partial charge in [-0.15, -0.1) is 12.4 Å².